The van der Waals surface area contributed by atoms with Gasteiger partial charge in [-0.2, -0.15) is 0 Å². The summed E-state index contributed by atoms with van der Waals surface area (Å²) in [7, 11) is 0. The fourth-order valence-corrected chi connectivity index (χ4v) is 14.3. The number of hydrogen-bond acceptors (Lipinski definition) is 3. The Labute approximate surface area is 323 Å². The number of nitrogens with zero attached hydrogens (tertiary/aromatic N) is 1. The summed E-state index contributed by atoms with van der Waals surface area (Å²) >= 11 is 1.87. The van der Waals surface area contributed by atoms with Crippen LogP contribution in [-0.2, 0) is 5.41 Å². The second kappa shape index (κ2) is 10.4. The van der Waals surface area contributed by atoms with Crippen LogP contribution < -0.4 is 4.90 Å². The summed E-state index contributed by atoms with van der Waals surface area (Å²) in [6, 6.07) is 54.8. The Kier molecular flexibility index (Phi) is 5.59. The molecular weight excluding hydrogens is 687 g/mol. The average molecular weight is 724 g/mol. The van der Waals surface area contributed by atoms with Gasteiger partial charge in [0.2, 0.25) is 0 Å². The Morgan fingerprint density at radius 2 is 1.31 bits per heavy atom. The molecule has 0 aliphatic heterocycles. The van der Waals surface area contributed by atoms with E-state index in [9.17, 15) is 0 Å². The van der Waals surface area contributed by atoms with E-state index in [4.69, 9.17) is 4.42 Å². The van der Waals surface area contributed by atoms with Crippen molar-refractivity contribution < 1.29 is 4.42 Å². The van der Waals surface area contributed by atoms with E-state index in [1.807, 2.05) is 17.4 Å². The molecule has 4 fully saturated rings. The molecule has 1 spiro atoms. The Morgan fingerprint density at radius 1 is 0.545 bits per heavy atom. The van der Waals surface area contributed by atoms with Crippen LogP contribution in [0.4, 0.5) is 17.1 Å². The van der Waals surface area contributed by atoms with Crippen LogP contribution in [0.25, 0.3) is 64.4 Å². The van der Waals surface area contributed by atoms with Gasteiger partial charge in [-0.3, -0.25) is 0 Å². The van der Waals surface area contributed by atoms with Crippen LogP contribution in [0.5, 0.6) is 0 Å². The summed E-state index contributed by atoms with van der Waals surface area (Å²) in [6.45, 7) is 0. The van der Waals surface area contributed by atoms with Gasteiger partial charge < -0.3 is 9.32 Å². The molecule has 6 aliphatic rings. The normalized spacial score (nSPS) is 25.1. The van der Waals surface area contributed by atoms with Crippen LogP contribution in [0.2, 0.25) is 0 Å². The molecule has 0 radical (unpaired) electrons. The Morgan fingerprint density at radius 3 is 2.24 bits per heavy atom. The molecule has 7 aromatic carbocycles. The first-order chi connectivity index (χ1) is 27.2. The minimum atomic E-state index is 0.263. The largest absolute Gasteiger partial charge is 0.456 e. The molecule has 2 aromatic heterocycles. The highest BCUT2D eigenvalue weighted by atomic mass is 32.1. The molecule has 6 aliphatic carbocycles. The first kappa shape index (κ1) is 29.7. The van der Waals surface area contributed by atoms with Crippen molar-refractivity contribution in [2.75, 3.05) is 4.90 Å². The van der Waals surface area contributed by atoms with Crippen molar-refractivity contribution >= 4 is 70.5 Å². The van der Waals surface area contributed by atoms with Gasteiger partial charge in [-0.05, 0) is 149 Å². The Balaban J connectivity index is 0.893. The maximum atomic E-state index is 6.41. The molecule has 4 saturated carbocycles. The van der Waals surface area contributed by atoms with Gasteiger partial charge in [0.1, 0.15) is 11.2 Å². The molecule has 0 N–H and O–H groups in total. The molecule has 6 atom stereocenters. The van der Waals surface area contributed by atoms with E-state index in [1.54, 1.807) is 16.7 Å². The van der Waals surface area contributed by atoms with Gasteiger partial charge in [0, 0.05) is 59.5 Å². The molecule has 6 bridgehead atoms. The zero-order valence-electron chi connectivity index (χ0n) is 30.3. The third kappa shape index (κ3) is 3.71. The molecule has 9 aromatic rings. The van der Waals surface area contributed by atoms with Gasteiger partial charge in [-0.15, -0.1) is 11.3 Å². The summed E-state index contributed by atoms with van der Waals surface area (Å²) < 4.78 is 9.03. The highest BCUT2D eigenvalue weighted by molar-refractivity contribution is 7.25. The third-order valence-corrected chi connectivity index (χ3v) is 16.1. The van der Waals surface area contributed by atoms with Crippen LogP contribution >= 0.6 is 11.3 Å². The van der Waals surface area contributed by atoms with Crippen LogP contribution in [-0.4, -0.2) is 0 Å². The van der Waals surface area contributed by atoms with Crippen LogP contribution in [0.1, 0.15) is 48.3 Å². The smallest absolute Gasteiger partial charge is 0.137 e. The quantitative estimate of drug-likeness (QED) is 0.180. The Bertz CT molecular complexity index is 3000. The van der Waals surface area contributed by atoms with Gasteiger partial charge in [0.25, 0.3) is 0 Å². The highest BCUT2D eigenvalue weighted by Gasteiger charge is 2.69. The van der Waals surface area contributed by atoms with Crippen molar-refractivity contribution in [2.24, 2.45) is 23.7 Å². The van der Waals surface area contributed by atoms with Gasteiger partial charge in [0.05, 0.1) is 0 Å². The van der Waals surface area contributed by atoms with E-state index in [2.05, 4.69) is 144 Å². The third-order valence-electron chi connectivity index (χ3n) is 14.9. The Hall–Kier alpha value is -5.64. The van der Waals surface area contributed by atoms with E-state index in [1.165, 1.54) is 68.1 Å². The van der Waals surface area contributed by atoms with E-state index in [-0.39, 0.29) is 5.41 Å². The minimum Gasteiger partial charge on any atom is -0.456 e. The lowest BCUT2D eigenvalue weighted by molar-refractivity contribution is -0.0431. The number of hydrogen-bond donors (Lipinski definition) is 0. The van der Waals surface area contributed by atoms with E-state index in [0.29, 0.717) is 0 Å². The molecular formula is C52H37NOS. The van der Waals surface area contributed by atoms with Crippen LogP contribution in [0, 0.1) is 23.7 Å². The summed E-state index contributed by atoms with van der Waals surface area (Å²) in [5.74, 6) is 4.29. The van der Waals surface area contributed by atoms with E-state index in [0.717, 1.165) is 68.6 Å². The van der Waals surface area contributed by atoms with Gasteiger partial charge in [-0.1, -0.05) is 84.9 Å². The van der Waals surface area contributed by atoms with E-state index < -0.39 is 0 Å². The second-order valence-electron chi connectivity index (χ2n) is 17.2. The standard InChI is InChI=1S/C52H37NOS/c1-3-10-46-37(6-1)38-19-17-35(27-47(38)54-46)53(36-18-20-40-39-7-2-4-11-48(39)55-49(40)28-36)34-15-12-30(13-16-34)31-14-21-44-43(26-31)41-8-5-9-42-50-32-22-29-23-33(25-32)52(44,51(41)42)45(50)24-29/h1-21,26-29,32-33,45,50H,22-25H2. The molecule has 2 heterocycles. The molecule has 0 amide bonds. The molecule has 262 valence electrons. The minimum absolute atomic E-state index is 0.263. The van der Waals surface area contributed by atoms with Crippen molar-refractivity contribution in [1.29, 1.82) is 0 Å². The van der Waals surface area contributed by atoms with Crippen LogP contribution in [0.3, 0.4) is 0 Å². The fourth-order valence-electron chi connectivity index (χ4n) is 13.2. The maximum Gasteiger partial charge on any atom is 0.137 e. The summed E-state index contributed by atoms with van der Waals surface area (Å²) in [4.78, 5) is 2.39. The molecule has 15 rings (SSSR count). The number of furan rings is 1. The fraction of sp³-hybridized carbons (Fsp3) is 0.192. The second-order valence-corrected chi connectivity index (χ2v) is 18.3. The average Bonchev–Trinajstić information content (AvgIpc) is 3.94. The van der Waals surface area contributed by atoms with Crippen molar-refractivity contribution in [3.8, 4) is 22.3 Å². The topological polar surface area (TPSA) is 16.4 Å². The van der Waals surface area contributed by atoms with E-state index >= 15 is 0 Å². The highest BCUT2D eigenvalue weighted by Crippen LogP contribution is 2.77. The SMILES string of the molecule is c1cc2c3c(c1)C1C4CC5CC(C4)C3(c3ccc(-c4ccc(N(c6ccc7c(c6)oc6ccccc67)c6ccc7c(c6)sc6ccccc67)cc4)cc3-2)C1C5. The van der Waals surface area contributed by atoms with Crippen molar-refractivity contribution in [3.05, 3.63) is 162 Å². The lowest BCUT2D eigenvalue weighted by atomic mass is 9.43. The summed E-state index contributed by atoms with van der Waals surface area (Å²) in [5.41, 5.74) is 16.2. The lowest BCUT2D eigenvalue weighted by Crippen LogP contribution is -2.54. The van der Waals surface area contributed by atoms with Crippen molar-refractivity contribution in [1.82, 2.24) is 0 Å². The predicted molar refractivity (Wildman–Crippen MR) is 228 cm³/mol. The number of rotatable bonds is 4. The molecule has 55 heavy (non-hydrogen) atoms. The molecule has 3 heteroatoms. The van der Waals surface area contributed by atoms with Crippen molar-refractivity contribution in [2.45, 2.75) is 37.0 Å². The lowest BCUT2D eigenvalue weighted by Gasteiger charge is -2.60. The number of para-hydroxylation sites is 1. The first-order valence-corrected chi connectivity index (χ1v) is 21.0. The first-order valence-electron chi connectivity index (χ1n) is 20.2. The number of anilines is 3. The van der Waals surface area contributed by atoms with Gasteiger partial charge in [-0.25, -0.2) is 0 Å². The zero-order chi connectivity index (χ0) is 35.6. The monoisotopic (exact) mass is 723 g/mol. The zero-order valence-corrected chi connectivity index (χ0v) is 31.2. The number of thiophene rings is 1. The molecule has 2 nitrogen and oxygen atoms in total. The molecule has 0 saturated heterocycles. The number of fused-ring (bicyclic) bond motifs is 8. The summed E-state index contributed by atoms with van der Waals surface area (Å²) in [6.07, 6.45) is 5.78. The van der Waals surface area contributed by atoms with Crippen molar-refractivity contribution in [3.63, 3.8) is 0 Å². The van der Waals surface area contributed by atoms with Crippen LogP contribution in [0.15, 0.2) is 150 Å². The maximum absolute atomic E-state index is 6.41. The number of benzene rings is 7. The van der Waals surface area contributed by atoms with Gasteiger partial charge in [0.15, 0.2) is 0 Å². The summed E-state index contributed by atoms with van der Waals surface area (Å²) in [5, 5.41) is 4.93. The predicted octanol–water partition coefficient (Wildman–Crippen LogP) is 14.5. The molecule has 6 unspecified atom stereocenters. The van der Waals surface area contributed by atoms with Gasteiger partial charge >= 0.3 is 0 Å².